The van der Waals surface area contributed by atoms with Crippen LogP contribution in [0.1, 0.15) is 43.2 Å². The molecule has 0 aromatic heterocycles. The Morgan fingerprint density at radius 1 is 1.03 bits per heavy atom. The fraction of sp³-hybridized carbons (Fsp3) is 0.696. The second kappa shape index (κ2) is 9.91. The van der Waals surface area contributed by atoms with Crippen molar-refractivity contribution in [3.8, 4) is 0 Å². The van der Waals surface area contributed by atoms with E-state index in [1.807, 2.05) is 0 Å². The Labute approximate surface area is 204 Å². The normalized spacial score (nSPS) is 21.0. The van der Waals surface area contributed by atoms with Gasteiger partial charge >= 0.3 is 18.4 Å². The van der Waals surface area contributed by atoms with E-state index in [1.54, 1.807) is 11.9 Å². The molecule has 0 radical (unpaired) electrons. The molecule has 0 bridgehead atoms. The zero-order chi connectivity index (χ0) is 25.4. The van der Waals surface area contributed by atoms with Crippen molar-refractivity contribution in [3.05, 3.63) is 29.3 Å². The van der Waals surface area contributed by atoms with Gasteiger partial charge in [-0.15, -0.1) is 0 Å². The number of aryl methyl sites for hydroxylation is 1. The molecule has 1 spiro atoms. The van der Waals surface area contributed by atoms with Crippen LogP contribution in [0.5, 0.6) is 0 Å². The molecule has 12 heteroatoms. The molecule has 5 nitrogen and oxygen atoms in total. The summed E-state index contributed by atoms with van der Waals surface area (Å²) in [7, 11) is 0. The van der Waals surface area contributed by atoms with Crippen molar-refractivity contribution in [1.82, 2.24) is 9.80 Å². The Kier molecular flexibility index (Phi) is 7.43. The quantitative estimate of drug-likeness (QED) is 0.368. The Morgan fingerprint density at radius 2 is 1.71 bits per heavy atom. The number of carbonyl (C=O) groups excluding carboxylic acids is 1. The highest BCUT2D eigenvalue weighted by atomic mass is 32.2. The highest BCUT2D eigenvalue weighted by Crippen LogP contribution is 2.43. The van der Waals surface area contributed by atoms with Crippen molar-refractivity contribution in [2.24, 2.45) is 0 Å². The molecule has 4 rings (SSSR count). The standard InChI is InChI=1S/C23H29F6N3O2S/c1-35-32-12-3-7-16-5-2-6-17(18(16)32)15-31-11-4-8-21(31)9-13-30(14-10-21)20(33)34-19(22(24,25)26)23(27,28)29/h2,5-6,19H,3-4,7-15H2,1H3. The molecule has 1 aromatic rings. The van der Waals surface area contributed by atoms with Crippen LogP contribution in [-0.4, -0.2) is 72.3 Å². The van der Waals surface area contributed by atoms with Gasteiger partial charge < -0.3 is 13.9 Å². The number of anilines is 1. The summed E-state index contributed by atoms with van der Waals surface area (Å²) >= 11 is 1.70. The van der Waals surface area contributed by atoms with Crippen LogP contribution in [-0.2, 0) is 17.7 Å². The van der Waals surface area contributed by atoms with E-state index in [9.17, 15) is 31.1 Å². The van der Waals surface area contributed by atoms with Gasteiger partial charge in [-0.05, 0) is 56.2 Å². The third-order valence-electron chi connectivity index (χ3n) is 7.35. The van der Waals surface area contributed by atoms with E-state index in [0.29, 0.717) is 12.8 Å². The number of para-hydroxylation sites is 1. The maximum atomic E-state index is 12.8. The number of alkyl halides is 6. The lowest BCUT2D eigenvalue weighted by molar-refractivity contribution is -0.308. The molecule has 0 atom stereocenters. The van der Waals surface area contributed by atoms with E-state index in [2.05, 4.69) is 38.4 Å². The number of rotatable bonds is 4. The minimum absolute atomic E-state index is 0.0571. The van der Waals surface area contributed by atoms with Gasteiger partial charge in [0, 0.05) is 38.0 Å². The van der Waals surface area contributed by atoms with Gasteiger partial charge in [-0.25, -0.2) is 4.79 Å². The van der Waals surface area contributed by atoms with Crippen LogP contribution >= 0.6 is 11.9 Å². The van der Waals surface area contributed by atoms with Gasteiger partial charge in [-0.1, -0.05) is 30.1 Å². The molecule has 3 aliphatic rings. The number of likely N-dealkylation sites (tertiary alicyclic amines) is 2. The molecule has 3 heterocycles. The molecule has 1 amide bonds. The van der Waals surface area contributed by atoms with Crippen LogP contribution in [0.4, 0.5) is 36.8 Å². The molecule has 2 saturated heterocycles. The maximum Gasteiger partial charge on any atom is 0.434 e. The highest BCUT2D eigenvalue weighted by molar-refractivity contribution is 8.00. The smallest absolute Gasteiger partial charge is 0.426 e. The zero-order valence-corrected chi connectivity index (χ0v) is 20.2. The predicted molar refractivity (Wildman–Crippen MR) is 121 cm³/mol. The molecular weight excluding hydrogens is 496 g/mol. The third-order valence-corrected chi connectivity index (χ3v) is 8.15. The number of fused-ring (bicyclic) bond motifs is 1. The monoisotopic (exact) mass is 525 g/mol. The maximum absolute atomic E-state index is 12.8. The van der Waals surface area contributed by atoms with Crippen molar-refractivity contribution in [3.63, 3.8) is 0 Å². The van der Waals surface area contributed by atoms with E-state index >= 15 is 0 Å². The van der Waals surface area contributed by atoms with Crippen LogP contribution < -0.4 is 4.31 Å². The number of nitrogens with zero attached hydrogens (tertiary/aromatic N) is 3. The van der Waals surface area contributed by atoms with Gasteiger partial charge in [-0.2, -0.15) is 26.3 Å². The average Bonchev–Trinajstić information content (AvgIpc) is 3.17. The fourth-order valence-electron chi connectivity index (χ4n) is 5.61. The minimum Gasteiger partial charge on any atom is -0.426 e. The number of ether oxygens (including phenoxy) is 1. The Hall–Kier alpha value is -1.82. The fourth-order valence-corrected chi connectivity index (χ4v) is 6.34. The first-order chi connectivity index (χ1) is 16.4. The van der Waals surface area contributed by atoms with E-state index < -0.39 is 24.5 Å². The van der Waals surface area contributed by atoms with Crippen molar-refractivity contribution in [1.29, 1.82) is 0 Å². The first-order valence-electron chi connectivity index (χ1n) is 11.7. The minimum atomic E-state index is -5.72. The molecule has 0 unspecified atom stereocenters. The van der Waals surface area contributed by atoms with Gasteiger partial charge in [0.05, 0.1) is 5.69 Å². The van der Waals surface area contributed by atoms with Crippen molar-refractivity contribution in [2.75, 3.05) is 36.7 Å². The molecule has 0 saturated carbocycles. The lowest BCUT2D eigenvalue weighted by atomic mass is 9.84. The number of hydrogen-bond acceptors (Lipinski definition) is 5. The summed E-state index contributed by atoms with van der Waals surface area (Å²) < 4.78 is 82.9. The van der Waals surface area contributed by atoms with Crippen LogP contribution in [0.2, 0.25) is 0 Å². The van der Waals surface area contributed by atoms with E-state index in [-0.39, 0.29) is 18.6 Å². The molecular formula is C23H29F6N3O2S. The van der Waals surface area contributed by atoms with Crippen LogP contribution in [0.15, 0.2) is 18.2 Å². The summed E-state index contributed by atoms with van der Waals surface area (Å²) in [6.07, 6.45) is -10.2. The number of amides is 1. The first-order valence-corrected chi connectivity index (χ1v) is 12.9. The number of benzene rings is 1. The van der Waals surface area contributed by atoms with Crippen LogP contribution in [0.3, 0.4) is 0 Å². The number of carbonyl (C=O) groups is 1. The molecule has 3 aliphatic heterocycles. The van der Waals surface area contributed by atoms with Gasteiger partial charge in [0.2, 0.25) is 0 Å². The largest absolute Gasteiger partial charge is 0.434 e. The summed E-state index contributed by atoms with van der Waals surface area (Å²) in [4.78, 5) is 15.5. The Bertz CT molecular complexity index is 903. The van der Waals surface area contributed by atoms with Gasteiger partial charge in [0.15, 0.2) is 0 Å². The third kappa shape index (κ3) is 5.47. The second-order valence-corrected chi connectivity index (χ2v) is 10.2. The van der Waals surface area contributed by atoms with Gasteiger partial charge in [0.25, 0.3) is 6.10 Å². The number of hydrogen-bond donors (Lipinski definition) is 0. The lowest BCUT2D eigenvalue weighted by Crippen LogP contribution is -2.54. The predicted octanol–water partition coefficient (Wildman–Crippen LogP) is 5.78. The van der Waals surface area contributed by atoms with E-state index in [1.165, 1.54) is 16.8 Å². The molecule has 0 N–H and O–H groups in total. The summed E-state index contributed by atoms with van der Waals surface area (Å²) in [5.74, 6) is 0. The Morgan fingerprint density at radius 3 is 2.34 bits per heavy atom. The topological polar surface area (TPSA) is 36.0 Å². The number of piperidine rings is 1. The SMILES string of the molecule is CSN1CCCc2cccc(CN3CCCC34CCN(C(=O)OC(C(F)(F)F)C(F)(F)F)CC4)c21. The van der Waals surface area contributed by atoms with Crippen LogP contribution in [0, 0.1) is 0 Å². The second-order valence-electron chi connectivity index (χ2n) is 9.40. The first kappa shape index (κ1) is 26.2. The molecule has 196 valence electrons. The van der Waals surface area contributed by atoms with Crippen molar-refractivity contribution >= 4 is 23.7 Å². The van der Waals surface area contributed by atoms with Crippen molar-refractivity contribution < 1.29 is 35.9 Å². The highest BCUT2D eigenvalue weighted by Gasteiger charge is 2.60. The summed E-state index contributed by atoms with van der Waals surface area (Å²) in [6, 6.07) is 6.34. The zero-order valence-electron chi connectivity index (χ0n) is 19.4. The number of halogens is 6. The molecule has 2 fully saturated rings. The Balaban J connectivity index is 1.43. The van der Waals surface area contributed by atoms with Gasteiger partial charge in [0.1, 0.15) is 0 Å². The molecule has 0 aliphatic carbocycles. The lowest BCUT2D eigenvalue weighted by Gasteiger charge is -2.45. The average molecular weight is 526 g/mol. The molecule has 35 heavy (non-hydrogen) atoms. The van der Waals surface area contributed by atoms with Gasteiger partial charge in [-0.3, -0.25) is 4.90 Å². The summed E-state index contributed by atoms with van der Waals surface area (Å²) in [5.41, 5.74) is 3.56. The summed E-state index contributed by atoms with van der Waals surface area (Å²) in [5, 5.41) is 0. The molecule has 1 aromatic carbocycles. The summed E-state index contributed by atoms with van der Waals surface area (Å²) in [6.45, 7) is 2.67. The van der Waals surface area contributed by atoms with E-state index in [4.69, 9.17) is 0 Å². The van der Waals surface area contributed by atoms with Crippen molar-refractivity contribution in [2.45, 2.75) is 69.1 Å². The van der Waals surface area contributed by atoms with Crippen LogP contribution in [0.25, 0.3) is 0 Å². The van der Waals surface area contributed by atoms with E-state index in [0.717, 1.165) is 50.2 Å².